The highest BCUT2D eigenvalue weighted by Gasteiger charge is 2.20. The van der Waals surface area contributed by atoms with Crippen LogP contribution in [0, 0.1) is 11.8 Å². The standard InChI is InChI=1S/C24H46N4OS2/c1-6-20-13-28-24(19(4)5)16-29-22-9-7-8-12-30-31-17-21(14-26-20)27-15-23(18(2)3)25-11-10-22/h6-7,9,18-19,21-28H,8,10-17H2,1-5H3/t21-,22+,23-,24+/m0/s1. The minimum atomic E-state index is 0.166. The maximum Gasteiger partial charge on any atom is 0.0768 e. The summed E-state index contributed by atoms with van der Waals surface area (Å²) in [6.07, 6.45) is 9.10. The van der Waals surface area contributed by atoms with Crippen molar-refractivity contribution in [3.63, 3.8) is 0 Å². The Hall–Kier alpha value is -0.180. The van der Waals surface area contributed by atoms with Gasteiger partial charge in [-0.3, -0.25) is 0 Å². The molecule has 1 fully saturated rings. The van der Waals surface area contributed by atoms with Gasteiger partial charge in [-0.05, 0) is 38.1 Å². The summed E-state index contributed by atoms with van der Waals surface area (Å²) in [6, 6.07) is 1.25. The minimum absolute atomic E-state index is 0.166. The summed E-state index contributed by atoms with van der Waals surface area (Å²) in [5, 5.41) is 15.1. The summed E-state index contributed by atoms with van der Waals surface area (Å²) in [4.78, 5) is 0. The third-order valence-corrected chi connectivity index (χ3v) is 8.63. The molecule has 0 aromatic carbocycles. The number of rotatable bonds is 2. The Balaban J connectivity index is 2.22. The van der Waals surface area contributed by atoms with Crippen molar-refractivity contribution in [3.05, 3.63) is 23.9 Å². The van der Waals surface area contributed by atoms with Crippen molar-refractivity contribution in [3.8, 4) is 0 Å². The lowest BCUT2D eigenvalue weighted by Crippen LogP contribution is -2.50. The van der Waals surface area contributed by atoms with Crippen LogP contribution in [0.1, 0.15) is 47.5 Å². The largest absolute Gasteiger partial charge is 0.386 e. The molecule has 0 saturated carbocycles. The fraction of sp³-hybridized carbons (Fsp3) is 0.833. The van der Waals surface area contributed by atoms with Crippen molar-refractivity contribution in [2.45, 2.75) is 71.7 Å². The molecule has 2 aliphatic rings. The maximum atomic E-state index is 6.44. The van der Waals surface area contributed by atoms with Gasteiger partial charge in [-0.25, -0.2) is 0 Å². The van der Waals surface area contributed by atoms with E-state index >= 15 is 0 Å². The third-order valence-electron chi connectivity index (χ3n) is 6.11. The zero-order valence-corrected chi connectivity index (χ0v) is 21.9. The lowest BCUT2D eigenvalue weighted by Gasteiger charge is -2.29. The highest BCUT2D eigenvalue weighted by Crippen LogP contribution is 2.23. The average Bonchev–Trinajstić information content (AvgIpc) is 2.74. The van der Waals surface area contributed by atoms with Crippen LogP contribution in [0.2, 0.25) is 0 Å². The van der Waals surface area contributed by atoms with E-state index < -0.39 is 0 Å². The third kappa shape index (κ3) is 11.0. The van der Waals surface area contributed by atoms with E-state index in [1.165, 1.54) is 5.70 Å². The quantitative estimate of drug-likeness (QED) is 0.362. The van der Waals surface area contributed by atoms with Gasteiger partial charge in [-0.1, -0.05) is 67.5 Å². The Bertz CT molecular complexity index is 542. The van der Waals surface area contributed by atoms with Gasteiger partial charge in [0, 0.05) is 55.0 Å². The number of allylic oxidation sites excluding steroid dienone is 2. The molecular formula is C24H46N4OS2. The minimum Gasteiger partial charge on any atom is -0.386 e. The van der Waals surface area contributed by atoms with Gasteiger partial charge in [-0.15, -0.1) is 0 Å². The summed E-state index contributed by atoms with van der Waals surface area (Å²) >= 11 is 0. The number of fused-ring (bicyclic) bond motifs is 7. The molecule has 2 heterocycles. The Morgan fingerprint density at radius 2 is 1.84 bits per heavy atom. The van der Waals surface area contributed by atoms with Crippen molar-refractivity contribution in [2.75, 3.05) is 44.3 Å². The average molecular weight is 471 g/mol. The lowest BCUT2D eigenvalue weighted by molar-refractivity contribution is 0.0525. The molecular weight excluding hydrogens is 424 g/mol. The molecule has 31 heavy (non-hydrogen) atoms. The fourth-order valence-electron chi connectivity index (χ4n) is 3.70. The Morgan fingerprint density at radius 3 is 2.58 bits per heavy atom. The van der Waals surface area contributed by atoms with Crippen molar-refractivity contribution in [1.29, 1.82) is 0 Å². The van der Waals surface area contributed by atoms with E-state index in [-0.39, 0.29) is 6.10 Å². The summed E-state index contributed by atoms with van der Waals surface area (Å²) < 4.78 is 6.44. The molecule has 0 unspecified atom stereocenters. The van der Waals surface area contributed by atoms with Gasteiger partial charge in [0.15, 0.2) is 0 Å². The summed E-state index contributed by atoms with van der Waals surface area (Å²) in [5.74, 6) is 3.37. The van der Waals surface area contributed by atoms with Crippen LogP contribution in [0.4, 0.5) is 0 Å². The highest BCUT2D eigenvalue weighted by molar-refractivity contribution is 8.76. The SMILES string of the molecule is CC=C1CN[C@@H](C(C)C)CO[C@@H]2C=CCCSSC[C@H](CN1)NC[C@@H](C(C)C)NCC2. The summed E-state index contributed by atoms with van der Waals surface area (Å²) in [7, 11) is 3.98. The van der Waals surface area contributed by atoms with E-state index in [0.717, 1.165) is 57.1 Å². The highest BCUT2D eigenvalue weighted by atomic mass is 33.1. The van der Waals surface area contributed by atoms with Gasteiger partial charge in [-0.2, -0.15) is 0 Å². The molecule has 0 aromatic heterocycles. The van der Waals surface area contributed by atoms with Crippen LogP contribution in [0.3, 0.4) is 0 Å². The lowest BCUT2D eigenvalue weighted by atomic mass is 10.0. The molecule has 180 valence electrons. The first kappa shape index (κ1) is 27.1. The van der Waals surface area contributed by atoms with E-state index in [1.54, 1.807) is 0 Å². The van der Waals surface area contributed by atoms with Crippen LogP contribution in [0.5, 0.6) is 0 Å². The van der Waals surface area contributed by atoms with E-state index in [2.05, 4.69) is 74.1 Å². The predicted octanol–water partition coefficient (Wildman–Crippen LogP) is 3.80. The second kappa shape index (κ2) is 15.6. The van der Waals surface area contributed by atoms with Crippen LogP contribution >= 0.6 is 21.6 Å². The van der Waals surface area contributed by atoms with Gasteiger partial charge >= 0.3 is 0 Å². The normalized spacial score (nSPS) is 32.2. The monoisotopic (exact) mass is 470 g/mol. The summed E-state index contributed by atoms with van der Waals surface area (Å²) in [5.41, 5.74) is 1.27. The number of nitrogens with one attached hydrogen (secondary N) is 4. The predicted molar refractivity (Wildman–Crippen MR) is 140 cm³/mol. The molecule has 4 atom stereocenters. The molecule has 0 aliphatic carbocycles. The molecule has 4 N–H and O–H groups in total. The van der Waals surface area contributed by atoms with Crippen molar-refractivity contribution in [2.24, 2.45) is 11.8 Å². The van der Waals surface area contributed by atoms with Crippen molar-refractivity contribution in [1.82, 2.24) is 21.3 Å². The van der Waals surface area contributed by atoms with E-state index in [1.807, 2.05) is 21.6 Å². The van der Waals surface area contributed by atoms with Crippen molar-refractivity contribution < 1.29 is 4.74 Å². The van der Waals surface area contributed by atoms with E-state index in [0.29, 0.717) is 30.0 Å². The molecule has 5 nitrogen and oxygen atoms in total. The van der Waals surface area contributed by atoms with Gasteiger partial charge in [0.05, 0.1) is 12.7 Å². The smallest absolute Gasteiger partial charge is 0.0768 e. The maximum absolute atomic E-state index is 6.44. The topological polar surface area (TPSA) is 57.4 Å². The van der Waals surface area contributed by atoms with Gasteiger partial charge < -0.3 is 26.0 Å². The molecule has 0 amide bonds. The summed E-state index contributed by atoms with van der Waals surface area (Å²) in [6.45, 7) is 15.8. The van der Waals surface area contributed by atoms with Crippen LogP contribution < -0.4 is 21.3 Å². The Labute approximate surface area is 199 Å². The molecule has 0 aromatic rings. The first-order valence-corrected chi connectivity index (χ1v) is 14.6. The molecule has 2 rings (SSSR count). The molecule has 1 saturated heterocycles. The van der Waals surface area contributed by atoms with Crippen LogP contribution in [-0.4, -0.2) is 68.5 Å². The molecule has 7 heteroatoms. The van der Waals surface area contributed by atoms with Gasteiger partial charge in [0.25, 0.3) is 0 Å². The first-order chi connectivity index (χ1) is 15.0. The molecule has 2 bridgehead atoms. The van der Waals surface area contributed by atoms with Crippen LogP contribution in [0.25, 0.3) is 0 Å². The van der Waals surface area contributed by atoms with Gasteiger partial charge in [0.1, 0.15) is 0 Å². The van der Waals surface area contributed by atoms with Crippen LogP contribution in [-0.2, 0) is 4.74 Å². The fourth-order valence-corrected chi connectivity index (χ4v) is 5.97. The Kier molecular flexibility index (Phi) is 13.6. The van der Waals surface area contributed by atoms with Crippen LogP contribution in [0.15, 0.2) is 23.9 Å². The number of hydrogen-bond acceptors (Lipinski definition) is 7. The van der Waals surface area contributed by atoms with E-state index in [4.69, 9.17) is 4.74 Å². The Morgan fingerprint density at radius 1 is 1.03 bits per heavy atom. The number of ether oxygens (including phenoxy) is 1. The first-order valence-electron chi connectivity index (χ1n) is 12.1. The zero-order chi connectivity index (χ0) is 22.5. The molecule has 0 spiro atoms. The zero-order valence-electron chi connectivity index (χ0n) is 20.3. The van der Waals surface area contributed by atoms with Crippen molar-refractivity contribution >= 4 is 21.6 Å². The second-order valence-corrected chi connectivity index (χ2v) is 11.9. The van der Waals surface area contributed by atoms with Gasteiger partial charge in [0.2, 0.25) is 0 Å². The second-order valence-electron chi connectivity index (χ2n) is 9.32. The van der Waals surface area contributed by atoms with E-state index in [9.17, 15) is 0 Å². The number of hydrogen-bond donors (Lipinski definition) is 4. The molecule has 0 radical (unpaired) electrons. The molecule has 2 aliphatic heterocycles.